The minimum absolute atomic E-state index is 0.177. The van der Waals surface area contributed by atoms with Crippen LogP contribution in [0.1, 0.15) is 54.9 Å². The van der Waals surface area contributed by atoms with Crippen molar-refractivity contribution >= 4 is 17.5 Å². The van der Waals surface area contributed by atoms with Gasteiger partial charge in [0, 0.05) is 20.0 Å². The van der Waals surface area contributed by atoms with E-state index in [9.17, 15) is 14.4 Å². The molecule has 0 saturated heterocycles. The Kier molecular flexibility index (Phi) is 8.74. The summed E-state index contributed by atoms with van der Waals surface area (Å²) in [6.45, 7) is 12.2. The van der Waals surface area contributed by atoms with E-state index in [-0.39, 0.29) is 11.6 Å². The minimum Gasteiger partial charge on any atom is -0.455 e. The third-order valence-electron chi connectivity index (χ3n) is 4.04. The normalized spacial score (nSPS) is 16.8. The van der Waals surface area contributed by atoms with Crippen molar-refractivity contribution in [2.24, 2.45) is 5.73 Å². The van der Waals surface area contributed by atoms with Crippen molar-refractivity contribution in [2.45, 2.75) is 78.2 Å². The van der Waals surface area contributed by atoms with Gasteiger partial charge in [0.1, 0.15) is 11.7 Å². The van der Waals surface area contributed by atoms with E-state index in [2.05, 4.69) is 5.32 Å². The largest absolute Gasteiger partial charge is 0.455 e. The Bertz CT molecular complexity index is 464. The molecule has 0 aromatic carbocycles. The summed E-state index contributed by atoms with van der Waals surface area (Å²) in [7, 11) is 0. The zero-order valence-electron chi connectivity index (χ0n) is 15.9. The molecule has 0 aliphatic rings. The van der Waals surface area contributed by atoms with Crippen LogP contribution in [0.4, 0.5) is 0 Å². The van der Waals surface area contributed by atoms with Crippen LogP contribution in [0.3, 0.4) is 0 Å². The van der Waals surface area contributed by atoms with Gasteiger partial charge in [-0.05, 0) is 41.0 Å². The van der Waals surface area contributed by atoms with E-state index in [1.165, 1.54) is 13.8 Å². The zero-order valence-corrected chi connectivity index (χ0v) is 15.9. The number of nitrogens with two attached hydrogens (primary N) is 1. The van der Waals surface area contributed by atoms with Crippen LogP contribution >= 0.6 is 0 Å². The molecule has 0 aromatic heterocycles. The molecule has 0 aliphatic heterocycles. The molecule has 0 bridgehead atoms. The lowest BCUT2D eigenvalue weighted by molar-refractivity contribution is -0.171. The van der Waals surface area contributed by atoms with Gasteiger partial charge in [0.25, 0.3) is 0 Å². The predicted molar refractivity (Wildman–Crippen MR) is 91.6 cm³/mol. The zero-order chi connectivity index (χ0) is 19.1. The number of rotatable bonds is 11. The highest BCUT2D eigenvalue weighted by Gasteiger charge is 2.41. The first-order valence-corrected chi connectivity index (χ1v) is 8.30. The number of ether oxygens (including phenoxy) is 2. The monoisotopic (exact) mass is 344 g/mol. The van der Waals surface area contributed by atoms with Gasteiger partial charge in [-0.15, -0.1) is 0 Å². The second-order valence-electron chi connectivity index (χ2n) is 6.67. The Hall–Kier alpha value is -1.31. The molecular weight excluding hydrogens is 312 g/mol. The molecule has 3 N–H and O–H groups in total. The van der Waals surface area contributed by atoms with Crippen molar-refractivity contribution in [3.05, 3.63) is 0 Å². The smallest absolute Gasteiger partial charge is 0.303 e. The Balaban J connectivity index is 5.11. The van der Waals surface area contributed by atoms with Gasteiger partial charge in [-0.2, -0.15) is 0 Å². The highest BCUT2D eigenvalue weighted by atomic mass is 16.6. The Morgan fingerprint density at radius 2 is 1.62 bits per heavy atom. The molecule has 0 aromatic rings. The number of carbonyl (C=O) groups is 3. The fourth-order valence-corrected chi connectivity index (χ4v) is 2.47. The molecule has 0 amide bonds. The van der Waals surface area contributed by atoms with Crippen LogP contribution in [0.5, 0.6) is 0 Å². The summed E-state index contributed by atoms with van der Waals surface area (Å²) in [5.41, 5.74) is 3.42. The van der Waals surface area contributed by atoms with E-state index in [4.69, 9.17) is 15.2 Å². The van der Waals surface area contributed by atoms with E-state index < -0.39 is 29.3 Å². The quantitative estimate of drug-likeness (QED) is 0.538. The van der Waals surface area contributed by atoms with E-state index >= 15 is 0 Å². The average Bonchev–Trinajstić information content (AvgIpc) is 2.50. The molecule has 0 aliphatic carbocycles. The van der Waals surface area contributed by atoms with Crippen LogP contribution in [0.2, 0.25) is 0 Å². The van der Waals surface area contributed by atoms with Gasteiger partial charge in [-0.25, -0.2) is 0 Å². The molecule has 24 heavy (non-hydrogen) atoms. The SMILES string of the molecule is CCC(C)(OC(C)C(=O)C(C)(C)NCCN)C(=O)C(C)OC(C)=O. The Labute approximate surface area is 144 Å². The number of Topliss-reactive ketones (excluding diaryl/α,β-unsaturated/α-hetero) is 2. The summed E-state index contributed by atoms with van der Waals surface area (Å²) in [4.78, 5) is 36.2. The number of nitrogens with one attached hydrogen (secondary N) is 1. The first kappa shape index (κ1) is 22.7. The maximum Gasteiger partial charge on any atom is 0.303 e. The van der Waals surface area contributed by atoms with Gasteiger partial charge in [-0.3, -0.25) is 14.4 Å². The predicted octanol–water partition coefficient (Wildman–Crippen LogP) is 0.977. The van der Waals surface area contributed by atoms with Crippen molar-refractivity contribution in [3.8, 4) is 0 Å². The van der Waals surface area contributed by atoms with E-state index in [1.807, 2.05) is 0 Å². The third kappa shape index (κ3) is 6.30. The molecule has 0 spiro atoms. The highest BCUT2D eigenvalue weighted by molar-refractivity contribution is 5.94. The molecular formula is C17H32N2O5. The van der Waals surface area contributed by atoms with Crippen LogP contribution in [0, 0.1) is 0 Å². The Morgan fingerprint density at radius 3 is 2.04 bits per heavy atom. The van der Waals surface area contributed by atoms with Gasteiger partial charge in [0.05, 0.1) is 5.54 Å². The van der Waals surface area contributed by atoms with E-state index in [0.717, 1.165) is 0 Å². The number of hydrogen-bond acceptors (Lipinski definition) is 7. The molecule has 7 nitrogen and oxygen atoms in total. The first-order valence-electron chi connectivity index (χ1n) is 8.30. The molecule has 3 atom stereocenters. The van der Waals surface area contributed by atoms with Gasteiger partial charge >= 0.3 is 5.97 Å². The number of carbonyl (C=O) groups excluding carboxylic acids is 3. The molecule has 7 heteroatoms. The summed E-state index contributed by atoms with van der Waals surface area (Å²) >= 11 is 0. The molecule has 0 fully saturated rings. The maximum absolute atomic E-state index is 12.6. The van der Waals surface area contributed by atoms with Gasteiger partial charge in [-0.1, -0.05) is 6.92 Å². The van der Waals surface area contributed by atoms with Crippen molar-refractivity contribution in [1.82, 2.24) is 5.32 Å². The standard InChI is InChI=1S/C17H32N2O5/c1-8-17(7,15(22)11(2)23-13(4)20)24-12(3)14(21)16(5,6)19-10-9-18/h11-12,19H,8-10,18H2,1-7H3. The number of ketones is 2. The van der Waals surface area contributed by atoms with Crippen molar-refractivity contribution in [1.29, 1.82) is 0 Å². The summed E-state index contributed by atoms with van der Waals surface area (Å²) in [5.74, 6) is -1.08. The van der Waals surface area contributed by atoms with Crippen molar-refractivity contribution in [2.75, 3.05) is 13.1 Å². The number of hydrogen-bond donors (Lipinski definition) is 2. The minimum atomic E-state index is -1.21. The fourth-order valence-electron chi connectivity index (χ4n) is 2.47. The van der Waals surface area contributed by atoms with Crippen LogP contribution in [-0.4, -0.2) is 54.0 Å². The highest BCUT2D eigenvalue weighted by Crippen LogP contribution is 2.24. The molecule has 0 radical (unpaired) electrons. The first-order chi connectivity index (χ1) is 10.9. The summed E-state index contributed by atoms with van der Waals surface area (Å²) < 4.78 is 10.8. The molecule has 0 rings (SSSR count). The van der Waals surface area contributed by atoms with E-state index in [0.29, 0.717) is 19.5 Å². The van der Waals surface area contributed by atoms with Crippen molar-refractivity contribution in [3.63, 3.8) is 0 Å². The molecule has 140 valence electrons. The molecule has 3 unspecified atom stereocenters. The summed E-state index contributed by atoms with van der Waals surface area (Å²) in [5, 5.41) is 3.06. The maximum atomic E-state index is 12.6. The van der Waals surface area contributed by atoms with Gasteiger partial charge < -0.3 is 20.5 Å². The number of esters is 1. The van der Waals surface area contributed by atoms with Gasteiger partial charge in [0.15, 0.2) is 11.9 Å². The summed E-state index contributed by atoms with van der Waals surface area (Å²) in [6, 6.07) is 0. The van der Waals surface area contributed by atoms with Crippen LogP contribution in [0.25, 0.3) is 0 Å². The average molecular weight is 344 g/mol. The van der Waals surface area contributed by atoms with Gasteiger partial charge in [0.2, 0.25) is 5.78 Å². The molecule has 0 heterocycles. The Morgan fingerprint density at radius 1 is 1.08 bits per heavy atom. The second kappa shape index (κ2) is 9.25. The lowest BCUT2D eigenvalue weighted by Gasteiger charge is -2.35. The van der Waals surface area contributed by atoms with Crippen molar-refractivity contribution < 1.29 is 23.9 Å². The van der Waals surface area contributed by atoms with Crippen LogP contribution in [0.15, 0.2) is 0 Å². The lowest BCUT2D eigenvalue weighted by Crippen LogP contribution is -2.55. The topological polar surface area (TPSA) is 108 Å². The fraction of sp³-hybridized carbons (Fsp3) is 0.824. The van der Waals surface area contributed by atoms with E-state index in [1.54, 1.807) is 34.6 Å². The molecule has 0 saturated carbocycles. The van der Waals surface area contributed by atoms with Crippen LogP contribution in [-0.2, 0) is 23.9 Å². The van der Waals surface area contributed by atoms with Crippen LogP contribution < -0.4 is 11.1 Å². The lowest BCUT2D eigenvalue weighted by atomic mass is 9.91. The summed E-state index contributed by atoms with van der Waals surface area (Å²) in [6.07, 6.45) is -1.38. The third-order valence-corrected chi connectivity index (χ3v) is 4.04. The second-order valence-corrected chi connectivity index (χ2v) is 6.67.